The number of fused-ring (bicyclic) bond motifs is 1. The first-order valence-electron chi connectivity index (χ1n) is 6.47. The van der Waals surface area contributed by atoms with Crippen LogP contribution in [0.5, 0.6) is 0 Å². The van der Waals surface area contributed by atoms with Crippen molar-refractivity contribution in [3.05, 3.63) is 30.1 Å². The Morgan fingerprint density at radius 1 is 1.33 bits per heavy atom. The Labute approximate surface area is 107 Å². The highest BCUT2D eigenvalue weighted by Gasteiger charge is 2.09. The molecule has 0 saturated carbocycles. The van der Waals surface area contributed by atoms with Crippen LogP contribution in [-0.4, -0.2) is 15.5 Å². The van der Waals surface area contributed by atoms with Crippen LogP contribution in [0, 0.1) is 0 Å². The molecule has 1 aromatic carbocycles. The van der Waals surface area contributed by atoms with Crippen LogP contribution in [0.1, 0.15) is 32.5 Å². The summed E-state index contributed by atoms with van der Waals surface area (Å²) in [5.41, 5.74) is 2.11. The van der Waals surface area contributed by atoms with Crippen LogP contribution in [0.3, 0.4) is 0 Å². The lowest BCUT2D eigenvalue weighted by atomic mass is 10.3. The minimum Gasteiger partial charge on any atom is -0.349 e. The number of rotatable bonds is 5. The zero-order chi connectivity index (χ0) is 13.0. The summed E-state index contributed by atoms with van der Waals surface area (Å²) in [6.45, 7) is 5.45. The predicted molar refractivity (Wildman–Crippen MR) is 72.2 cm³/mol. The summed E-state index contributed by atoms with van der Waals surface area (Å²) in [6, 6.07) is 8.05. The van der Waals surface area contributed by atoms with Gasteiger partial charge in [0.25, 0.3) is 0 Å². The van der Waals surface area contributed by atoms with E-state index >= 15 is 0 Å². The van der Waals surface area contributed by atoms with Gasteiger partial charge < -0.3 is 9.88 Å². The highest BCUT2D eigenvalue weighted by Crippen LogP contribution is 2.15. The van der Waals surface area contributed by atoms with Crippen molar-refractivity contribution in [3.8, 4) is 0 Å². The average Bonchev–Trinajstić information content (AvgIpc) is 2.74. The first-order valence-corrected chi connectivity index (χ1v) is 6.47. The molecule has 2 aromatic rings. The Kier molecular flexibility index (Phi) is 3.97. The van der Waals surface area contributed by atoms with Crippen LogP contribution in [-0.2, 0) is 17.9 Å². The van der Waals surface area contributed by atoms with Gasteiger partial charge in [-0.1, -0.05) is 19.1 Å². The molecule has 4 heteroatoms. The summed E-state index contributed by atoms with van der Waals surface area (Å²) < 4.78 is 2.14. The summed E-state index contributed by atoms with van der Waals surface area (Å²) in [5, 5.41) is 2.91. The van der Waals surface area contributed by atoms with E-state index in [1.54, 1.807) is 0 Å². The van der Waals surface area contributed by atoms with Crippen molar-refractivity contribution in [2.75, 3.05) is 0 Å². The maximum atomic E-state index is 11.5. The molecule has 0 spiro atoms. The number of hydrogen-bond acceptors (Lipinski definition) is 2. The van der Waals surface area contributed by atoms with Crippen LogP contribution in [0.4, 0.5) is 0 Å². The maximum Gasteiger partial charge on any atom is 0.220 e. The number of carbonyl (C=O) groups is 1. The minimum atomic E-state index is 0.0900. The molecule has 1 aromatic heterocycles. The first-order chi connectivity index (χ1) is 8.76. The summed E-state index contributed by atoms with van der Waals surface area (Å²) in [4.78, 5) is 16.0. The first kappa shape index (κ1) is 12.6. The second-order valence-electron chi connectivity index (χ2n) is 4.29. The van der Waals surface area contributed by atoms with Gasteiger partial charge in [0, 0.05) is 13.0 Å². The quantitative estimate of drug-likeness (QED) is 0.879. The van der Waals surface area contributed by atoms with Gasteiger partial charge in [0.1, 0.15) is 5.82 Å². The van der Waals surface area contributed by atoms with Crippen molar-refractivity contribution in [2.45, 2.75) is 39.8 Å². The Hall–Kier alpha value is -1.84. The number of imidazole rings is 1. The molecule has 1 amide bonds. The lowest BCUT2D eigenvalue weighted by Crippen LogP contribution is -2.24. The van der Waals surface area contributed by atoms with Gasteiger partial charge in [0.2, 0.25) is 5.91 Å². The van der Waals surface area contributed by atoms with Gasteiger partial charge in [-0.3, -0.25) is 4.79 Å². The van der Waals surface area contributed by atoms with Crippen molar-refractivity contribution in [2.24, 2.45) is 0 Å². The molecule has 0 aliphatic carbocycles. The predicted octanol–water partition coefficient (Wildman–Crippen LogP) is 2.47. The second-order valence-corrected chi connectivity index (χ2v) is 4.29. The zero-order valence-corrected chi connectivity index (χ0v) is 10.9. The zero-order valence-electron chi connectivity index (χ0n) is 10.9. The Morgan fingerprint density at radius 3 is 2.83 bits per heavy atom. The van der Waals surface area contributed by atoms with Gasteiger partial charge in [0.05, 0.1) is 17.6 Å². The Balaban J connectivity index is 2.19. The number of hydrogen-bond donors (Lipinski definition) is 1. The number of aryl methyl sites for hydroxylation is 1. The number of benzene rings is 1. The molecule has 1 N–H and O–H groups in total. The average molecular weight is 245 g/mol. The molecule has 18 heavy (non-hydrogen) atoms. The second kappa shape index (κ2) is 5.67. The molecule has 4 nitrogen and oxygen atoms in total. The van der Waals surface area contributed by atoms with Gasteiger partial charge in [-0.15, -0.1) is 0 Å². The number of para-hydroxylation sites is 2. The minimum absolute atomic E-state index is 0.0900. The highest BCUT2D eigenvalue weighted by molar-refractivity contribution is 5.77. The van der Waals surface area contributed by atoms with E-state index in [4.69, 9.17) is 0 Å². The topological polar surface area (TPSA) is 46.9 Å². The molecule has 0 atom stereocenters. The van der Waals surface area contributed by atoms with Gasteiger partial charge in [-0.2, -0.15) is 0 Å². The van der Waals surface area contributed by atoms with Gasteiger partial charge >= 0.3 is 0 Å². The maximum absolute atomic E-state index is 11.5. The molecular weight excluding hydrogens is 226 g/mol. The molecule has 0 aliphatic rings. The van der Waals surface area contributed by atoms with Crippen molar-refractivity contribution in [1.29, 1.82) is 0 Å². The van der Waals surface area contributed by atoms with Crippen molar-refractivity contribution in [3.63, 3.8) is 0 Å². The van der Waals surface area contributed by atoms with Crippen molar-refractivity contribution in [1.82, 2.24) is 14.9 Å². The lowest BCUT2D eigenvalue weighted by Gasteiger charge is -2.07. The monoisotopic (exact) mass is 245 g/mol. The Morgan fingerprint density at radius 2 is 2.11 bits per heavy atom. The molecule has 0 aliphatic heterocycles. The summed E-state index contributed by atoms with van der Waals surface area (Å²) in [7, 11) is 0. The number of carbonyl (C=O) groups excluding carboxylic acids is 1. The van der Waals surface area contributed by atoms with Crippen LogP contribution in [0.2, 0.25) is 0 Å². The van der Waals surface area contributed by atoms with E-state index in [1.807, 2.05) is 25.1 Å². The van der Waals surface area contributed by atoms with E-state index in [9.17, 15) is 4.79 Å². The van der Waals surface area contributed by atoms with Gasteiger partial charge in [-0.05, 0) is 25.5 Å². The van der Waals surface area contributed by atoms with Gasteiger partial charge in [0.15, 0.2) is 0 Å². The van der Waals surface area contributed by atoms with Gasteiger partial charge in [-0.25, -0.2) is 4.98 Å². The van der Waals surface area contributed by atoms with Crippen LogP contribution in [0.15, 0.2) is 24.3 Å². The van der Waals surface area contributed by atoms with E-state index in [2.05, 4.69) is 27.9 Å². The molecule has 0 radical (unpaired) electrons. The van der Waals surface area contributed by atoms with Crippen LogP contribution < -0.4 is 5.32 Å². The molecule has 0 unspecified atom stereocenters. The van der Waals surface area contributed by atoms with E-state index in [-0.39, 0.29) is 5.91 Å². The Bertz CT molecular complexity index is 545. The molecule has 96 valence electrons. The third-order valence-electron chi connectivity index (χ3n) is 2.97. The molecule has 2 rings (SSSR count). The standard InChI is InChI=1S/C14H19N3O/c1-3-7-14(18)15-10-13-16-11-8-5-6-9-12(11)17(13)4-2/h5-6,8-9H,3-4,7,10H2,1-2H3,(H,15,18). The highest BCUT2D eigenvalue weighted by atomic mass is 16.1. The summed E-state index contributed by atoms with van der Waals surface area (Å²) in [6.07, 6.45) is 1.45. The molecule has 0 fully saturated rings. The largest absolute Gasteiger partial charge is 0.349 e. The van der Waals surface area contributed by atoms with Crippen molar-refractivity contribution >= 4 is 16.9 Å². The smallest absolute Gasteiger partial charge is 0.220 e. The molecule has 1 heterocycles. The lowest BCUT2D eigenvalue weighted by molar-refractivity contribution is -0.121. The van der Waals surface area contributed by atoms with E-state index < -0.39 is 0 Å². The third kappa shape index (κ3) is 2.53. The van der Waals surface area contributed by atoms with E-state index in [1.165, 1.54) is 0 Å². The fourth-order valence-electron chi connectivity index (χ4n) is 2.11. The fraction of sp³-hybridized carbons (Fsp3) is 0.429. The van der Waals surface area contributed by atoms with E-state index in [0.29, 0.717) is 13.0 Å². The summed E-state index contributed by atoms with van der Waals surface area (Å²) in [5.74, 6) is 1.01. The third-order valence-corrected chi connectivity index (χ3v) is 2.97. The van der Waals surface area contributed by atoms with Crippen LogP contribution >= 0.6 is 0 Å². The summed E-state index contributed by atoms with van der Waals surface area (Å²) >= 11 is 0. The number of aromatic nitrogens is 2. The number of amides is 1. The molecular formula is C14H19N3O. The van der Waals surface area contributed by atoms with Crippen LogP contribution in [0.25, 0.3) is 11.0 Å². The fourth-order valence-corrected chi connectivity index (χ4v) is 2.11. The number of nitrogens with zero attached hydrogens (tertiary/aromatic N) is 2. The molecule has 0 saturated heterocycles. The van der Waals surface area contributed by atoms with Crippen molar-refractivity contribution < 1.29 is 4.79 Å². The normalized spacial score (nSPS) is 10.8. The molecule has 0 bridgehead atoms. The van der Waals surface area contributed by atoms with E-state index in [0.717, 1.165) is 29.8 Å². The number of nitrogens with one attached hydrogen (secondary N) is 1. The SMILES string of the molecule is CCCC(=O)NCc1nc2ccccc2n1CC.